The molecule has 4 nitrogen and oxygen atoms in total. The molecule has 1 aliphatic carbocycles. The first-order valence-corrected chi connectivity index (χ1v) is 10.3. The fraction of sp³-hybridized carbons (Fsp3) is 0.476. The van der Waals surface area contributed by atoms with Crippen molar-refractivity contribution in [2.75, 3.05) is 5.75 Å². The highest BCUT2D eigenvalue weighted by atomic mass is 32.2. The molecule has 26 heavy (non-hydrogen) atoms. The largest absolute Gasteiger partial charge is 0.301 e. The summed E-state index contributed by atoms with van der Waals surface area (Å²) in [4.78, 5) is 32.1. The van der Waals surface area contributed by atoms with Crippen LogP contribution in [0.15, 0.2) is 40.3 Å². The molecule has 1 aromatic heterocycles. The minimum absolute atomic E-state index is 0.0428. The Morgan fingerprint density at radius 1 is 1.23 bits per heavy atom. The van der Waals surface area contributed by atoms with Crippen molar-refractivity contribution >= 4 is 17.5 Å². The van der Waals surface area contributed by atoms with Crippen molar-refractivity contribution in [2.24, 2.45) is 11.8 Å². The third kappa shape index (κ3) is 4.64. The minimum Gasteiger partial charge on any atom is -0.301 e. The Labute approximate surface area is 158 Å². The molecule has 2 aromatic rings. The molecular formula is C21H26N2O2S. The predicted molar refractivity (Wildman–Crippen MR) is 106 cm³/mol. The van der Waals surface area contributed by atoms with Gasteiger partial charge in [-0.3, -0.25) is 9.59 Å². The molecule has 0 radical (unpaired) electrons. The second kappa shape index (κ2) is 8.67. The average Bonchev–Trinajstić information content (AvgIpc) is 2.66. The fourth-order valence-electron chi connectivity index (χ4n) is 3.61. The summed E-state index contributed by atoms with van der Waals surface area (Å²) in [5.74, 6) is 1.59. The highest BCUT2D eigenvalue weighted by molar-refractivity contribution is 7.99. The van der Waals surface area contributed by atoms with Crippen LogP contribution in [0.5, 0.6) is 0 Å². The van der Waals surface area contributed by atoms with Crippen LogP contribution in [0.25, 0.3) is 0 Å². The smallest absolute Gasteiger partial charge is 0.254 e. The molecule has 0 spiro atoms. The number of aromatic amines is 1. The van der Waals surface area contributed by atoms with E-state index in [4.69, 9.17) is 0 Å². The molecule has 1 aliphatic rings. The summed E-state index contributed by atoms with van der Waals surface area (Å²) in [6.07, 6.45) is 5.91. The van der Waals surface area contributed by atoms with Crippen molar-refractivity contribution in [3.63, 3.8) is 0 Å². The SMILES string of the molecule is Cc1c(CC2CCCCC2C)nc(SCC(=O)c2ccccc2)[nH]c1=O. The van der Waals surface area contributed by atoms with Crippen LogP contribution in [0.3, 0.4) is 0 Å². The number of nitrogens with zero attached hydrogens (tertiary/aromatic N) is 1. The maximum atomic E-state index is 12.3. The van der Waals surface area contributed by atoms with E-state index in [2.05, 4.69) is 16.9 Å². The lowest BCUT2D eigenvalue weighted by Gasteiger charge is -2.28. The van der Waals surface area contributed by atoms with Gasteiger partial charge in [-0.2, -0.15) is 0 Å². The third-order valence-electron chi connectivity index (χ3n) is 5.41. The number of Topliss-reactive ketones (excluding diaryl/α,β-unsaturated/α-hetero) is 1. The number of benzene rings is 1. The second-order valence-electron chi connectivity index (χ2n) is 7.25. The molecule has 1 heterocycles. The number of H-pyrrole nitrogens is 1. The molecule has 0 aliphatic heterocycles. The van der Waals surface area contributed by atoms with E-state index in [1.807, 2.05) is 37.3 Å². The molecule has 2 unspecified atom stereocenters. The zero-order chi connectivity index (χ0) is 18.5. The van der Waals surface area contributed by atoms with E-state index in [1.165, 1.54) is 37.4 Å². The van der Waals surface area contributed by atoms with E-state index in [1.54, 1.807) is 0 Å². The highest BCUT2D eigenvalue weighted by Crippen LogP contribution is 2.32. The quantitative estimate of drug-likeness (QED) is 0.464. The number of hydrogen-bond acceptors (Lipinski definition) is 4. The van der Waals surface area contributed by atoms with E-state index < -0.39 is 0 Å². The number of nitrogens with one attached hydrogen (secondary N) is 1. The number of carbonyl (C=O) groups is 1. The van der Waals surface area contributed by atoms with Gasteiger partial charge in [-0.25, -0.2) is 4.98 Å². The monoisotopic (exact) mass is 370 g/mol. The van der Waals surface area contributed by atoms with E-state index in [-0.39, 0.29) is 17.1 Å². The van der Waals surface area contributed by atoms with Crippen LogP contribution in [0.4, 0.5) is 0 Å². The van der Waals surface area contributed by atoms with Crippen LogP contribution >= 0.6 is 11.8 Å². The van der Waals surface area contributed by atoms with Gasteiger partial charge in [-0.15, -0.1) is 0 Å². The maximum absolute atomic E-state index is 12.3. The molecule has 1 fully saturated rings. The minimum atomic E-state index is -0.0897. The van der Waals surface area contributed by atoms with Gasteiger partial charge in [0.15, 0.2) is 10.9 Å². The van der Waals surface area contributed by atoms with Gasteiger partial charge in [0, 0.05) is 11.1 Å². The summed E-state index contributed by atoms with van der Waals surface area (Å²) >= 11 is 1.31. The highest BCUT2D eigenvalue weighted by Gasteiger charge is 2.23. The zero-order valence-electron chi connectivity index (χ0n) is 15.5. The molecule has 1 saturated carbocycles. The summed E-state index contributed by atoms with van der Waals surface area (Å²) in [5.41, 5.74) is 2.20. The van der Waals surface area contributed by atoms with E-state index in [0.717, 1.165) is 12.1 Å². The fourth-order valence-corrected chi connectivity index (χ4v) is 4.38. The van der Waals surface area contributed by atoms with Crippen molar-refractivity contribution in [1.29, 1.82) is 0 Å². The van der Waals surface area contributed by atoms with Crippen LogP contribution in [-0.2, 0) is 6.42 Å². The maximum Gasteiger partial charge on any atom is 0.254 e. The number of ketones is 1. The Bertz CT molecular complexity index is 817. The summed E-state index contributed by atoms with van der Waals surface area (Å²) in [6, 6.07) is 9.22. The normalized spacial score (nSPS) is 20.1. The Morgan fingerprint density at radius 3 is 2.69 bits per heavy atom. The van der Waals surface area contributed by atoms with E-state index >= 15 is 0 Å². The number of hydrogen-bond donors (Lipinski definition) is 1. The van der Waals surface area contributed by atoms with Gasteiger partial charge >= 0.3 is 0 Å². The predicted octanol–water partition coefficient (Wildman–Crippen LogP) is 4.42. The van der Waals surface area contributed by atoms with Gasteiger partial charge in [0.1, 0.15) is 0 Å². The lowest BCUT2D eigenvalue weighted by atomic mass is 9.78. The van der Waals surface area contributed by atoms with Crippen LogP contribution in [0, 0.1) is 18.8 Å². The summed E-state index contributed by atoms with van der Waals surface area (Å²) in [6.45, 7) is 4.15. The first-order valence-electron chi connectivity index (χ1n) is 9.35. The first kappa shape index (κ1) is 18.9. The Kier molecular flexibility index (Phi) is 6.30. The van der Waals surface area contributed by atoms with E-state index in [0.29, 0.717) is 28.1 Å². The van der Waals surface area contributed by atoms with E-state index in [9.17, 15) is 9.59 Å². The van der Waals surface area contributed by atoms with Gasteiger partial charge in [0.05, 0.1) is 11.4 Å². The second-order valence-corrected chi connectivity index (χ2v) is 8.21. The number of aromatic nitrogens is 2. The Hall–Kier alpha value is -1.88. The average molecular weight is 371 g/mol. The molecule has 0 bridgehead atoms. The van der Waals surface area contributed by atoms with Crippen molar-refractivity contribution in [3.05, 3.63) is 57.5 Å². The van der Waals surface area contributed by atoms with Crippen LogP contribution in [0.2, 0.25) is 0 Å². The summed E-state index contributed by atoms with van der Waals surface area (Å²) < 4.78 is 0. The molecular weight excluding hydrogens is 344 g/mol. The molecule has 0 amide bonds. The van der Waals surface area contributed by atoms with Crippen LogP contribution in [-0.4, -0.2) is 21.5 Å². The number of rotatable bonds is 6. The van der Waals surface area contributed by atoms with Gasteiger partial charge < -0.3 is 4.98 Å². The standard InChI is InChI=1S/C21H26N2O2S/c1-14-8-6-7-11-17(14)12-18-15(2)20(25)23-21(22-18)26-13-19(24)16-9-4-3-5-10-16/h3-5,9-10,14,17H,6-8,11-13H2,1-2H3,(H,22,23,25). The molecule has 2 atom stereocenters. The number of carbonyl (C=O) groups excluding carboxylic acids is 1. The summed E-state index contributed by atoms with van der Waals surface area (Å²) in [5, 5.41) is 0.545. The molecule has 138 valence electrons. The van der Waals surface area contributed by atoms with Gasteiger partial charge in [0.2, 0.25) is 0 Å². The first-order chi connectivity index (χ1) is 12.5. The van der Waals surface area contributed by atoms with Gasteiger partial charge in [-0.05, 0) is 31.6 Å². The third-order valence-corrected chi connectivity index (χ3v) is 6.28. The van der Waals surface area contributed by atoms with Crippen molar-refractivity contribution in [3.8, 4) is 0 Å². The zero-order valence-corrected chi connectivity index (χ0v) is 16.3. The molecule has 3 rings (SSSR count). The molecule has 0 saturated heterocycles. The van der Waals surface area contributed by atoms with Crippen molar-refractivity contribution in [2.45, 2.75) is 51.1 Å². The Morgan fingerprint density at radius 2 is 1.96 bits per heavy atom. The lowest BCUT2D eigenvalue weighted by Crippen LogP contribution is -2.23. The van der Waals surface area contributed by atoms with Crippen LogP contribution < -0.4 is 5.56 Å². The van der Waals surface area contributed by atoms with Crippen molar-refractivity contribution < 1.29 is 4.79 Å². The molecule has 1 aromatic carbocycles. The number of thioether (sulfide) groups is 1. The Balaban J connectivity index is 1.71. The topological polar surface area (TPSA) is 62.8 Å². The van der Waals surface area contributed by atoms with Gasteiger partial charge in [-0.1, -0.05) is 68.3 Å². The summed E-state index contributed by atoms with van der Waals surface area (Å²) in [7, 11) is 0. The lowest BCUT2D eigenvalue weighted by molar-refractivity contribution is 0.102. The molecule has 1 N–H and O–H groups in total. The van der Waals surface area contributed by atoms with Crippen LogP contribution in [0.1, 0.15) is 54.2 Å². The molecule has 5 heteroatoms. The van der Waals surface area contributed by atoms with Crippen molar-refractivity contribution in [1.82, 2.24) is 9.97 Å². The van der Waals surface area contributed by atoms with Gasteiger partial charge in [0.25, 0.3) is 5.56 Å².